The molecule has 0 unspecified atom stereocenters. The highest BCUT2D eigenvalue weighted by Gasteiger charge is 2.27. The summed E-state index contributed by atoms with van der Waals surface area (Å²) in [4.78, 5) is 23.6. The van der Waals surface area contributed by atoms with Crippen LogP contribution in [0.5, 0.6) is 0 Å². The van der Waals surface area contributed by atoms with Crippen LogP contribution < -0.4 is 11.1 Å². The molecule has 0 spiro atoms. The van der Waals surface area contributed by atoms with Crippen molar-refractivity contribution >= 4 is 27.7 Å². The molecule has 1 aliphatic rings. The van der Waals surface area contributed by atoms with Crippen LogP contribution >= 0.6 is 15.9 Å². The Balaban J connectivity index is 2.02. The zero-order chi connectivity index (χ0) is 14.5. The van der Waals surface area contributed by atoms with Crippen molar-refractivity contribution in [1.82, 2.24) is 5.32 Å². The molecule has 1 saturated heterocycles. The van der Waals surface area contributed by atoms with Crippen LogP contribution in [0.3, 0.4) is 0 Å². The lowest BCUT2D eigenvalue weighted by atomic mass is 10.0. The molecule has 20 heavy (non-hydrogen) atoms. The van der Waals surface area contributed by atoms with Gasteiger partial charge in [-0.25, -0.2) is 0 Å². The molecule has 2 rings (SSSR count). The third kappa shape index (κ3) is 3.80. The first kappa shape index (κ1) is 15.0. The van der Waals surface area contributed by atoms with Gasteiger partial charge in [0.1, 0.15) is 6.04 Å². The summed E-state index contributed by atoms with van der Waals surface area (Å²) in [6.45, 7) is 0.996. The molecule has 1 aliphatic heterocycles. The molecule has 108 valence electrons. The zero-order valence-corrected chi connectivity index (χ0v) is 12.6. The van der Waals surface area contributed by atoms with Gasteiger partial charge in [0.15, 0.2) is 0 Å². The number of hydrogen-bond acceptors (Lipinski definition) is 3. The fourth-order valence-corrected chi connectivity index (χ4v) is 2.58. The van der Waals surface area contributed by atoms with E-state index in [9.17, 15) is 9.59 Å². The molecule has 1 aromatic carbocycles. The fourth-order valence-electron chi connectivity index (χ4n) is 2.14. The standard InChI is InChI=1S/C14H17BrN2O3/c15-11-4-2-1-3-9(11)7-12(13(16)18)17-14(19)10-5-6-20-8-10/h1-4,10,12H,5-8H2,(H2,16,18)(H,17,19)/t10-,12+/m1/s1. The molecule has 0 aromatic heterocycles. The smallest absolute Gasteiger partial charge is 0.240 e. The number of nitrogens with two attached hydrogens (primary N) is 1. The molecule has 2 atom stereocenters. The van der Waals surface area contributed by atoms with Gasteiger partial charge in [-0.3, -0.25) is 9.59 Å². The third-order valence-corrected chi connectivity index (χ3v) is 4.12. The van der Waals surface area contributed by atoms with Crippen LogP contribution in [0.4, 0.5) is 0 Å². The summed E-state index contributed by atoms with van der Waals surface area (Å²) in [5, 5.41) is 2.72. The highest BCUT2D eigenvalue weighted by molar-refractivity contribution is 9.10. The number of nitrogens with one attached hydrogen (secondary N) is 1. The molecule has 0 bridgehead atoms. The van der Waals surface area contributed by atoms with Crippen LogP contribution in [0.1, 0.15) is 12.0 Å². The summed E-state index contributed by atoms with van der Waals surface area (Å²) in [6.07, 6.45) is 1.06. The highest BCUT2D eigenvalue weighted by Crippen LogP contribution is 2.18. The number of benzene rings is 1. The monoisotopic (exact) mass is 340 g/mol. The molecule has 0 radical (unpaired) electrons. The van der Waals surface area contributed by atoms with Crippen molar-refractivity contribution in [2.24, 2.45) is 11.7 Å². The van der Waals surface area contributed by atoms with E-state index in [4.69, 9.17) is 10.5 Å². The van der Waals surface area contributed by atoms with Crippen LogP contribution in [0.25, 0.3) is 0 Å². The Hall–Kier alpha value is -1.40. The Morgan fingerprint density at radius 1 is 1.45 bits per heavy atom. The van der Waals surface area contributed by atoms with Gasteiger partial charge in [0.05, 0.1) is 12.5 Å². The van der Waals surface area contributed by atoms with E-state index in [0.29, 0.717) is 26.1 Å². The molecule has 1 heterocycles. The van der Waals surface area contributed by atoms with Gasteiger partial charge >= 0.3 is 0 Å². The number of ether oxygens (including phenoxy) is 1. The second-order valence-electron chi connectivity index (χ2n) is 4.82. The van der Waals surface area contributed by atoms with Gasteiger partial charge in [0.2, 0.25) is 11.8 Å². The number of rotatable bonds is 5. The van der Waals surface area contributed by atoms with E-state index < -0.39 is 11.9 Å². The van der Waals surface area contributed by atoms with Crippen LogP contribution in [-0.4, -0.2) is 31.1 Å². The SMILES string of the molecule is NC(=O)[C@H](Cc1ccccc1Br)NC(=O)[C@@H]1CCOC1. The molecule has 5 nitrogen and oxygen atoms in total. The summed E-state index contributed by atoms with van der Waals surface area (Å²) in [6, 6.07) is 6.85. The van der Waals surface area contributed by atoms with Crippen molar-refractivity contribution in [3.05, 3.63) is 34.3 Å². The average Bonchev–Trinajstić information content (AvgIpc) is 2.94. The first-order valence-corrected chi connectivity index (χ1v) is 7.28. The van der Waals surface area contributed by atoms with Crippen LogP contribution in [0.15, 0.2) is 28.7 Å². The second kappa shape index (κ2) is 6.85. The topological polar surface area (TPSA) is 81.4 Å². The molecule has 3 N–H and O–H groups in total. The predicted octanol–water partition coefficient (Wildman–Crippen LogP) is 0.998. The largest absolute Gasteiger partial charge is 0.381 e. The van der Waals surface area contributed by atoms with Crippen LogP contribution in [0, 0.1) is 5.92 Å². The number of amides is 2. The van der Waals surface area contributed by atoms with E-state index in [2.05, 4.69) is 21.2 Å². The maximum atomic E-state index is 12.0. The molecule has 0 aliphatic carbocycles. The number of hydrogen-bond donors (Lipinski definition) is 2. The average molecular weight is 341 g/mol. The van der Waals surface area contributed by atoms with Crippen molar-refractivity contribution in [3.63, 3.8) is 0 Å². The number of primary amides is 1. The zero-order valence-electron chi connectivity index (χ0n) is 11.0. The number of halogens is 1. The predicted molar refractivity (Wildman–Crippen MR) is 77.9 cm³/mol. The maximum absolute atomic E-state index is 12.0. The Labute approximate surface area is 126 Å². The molecular formula is C14H17BrN2O3. The van der Waals surface area contributed by atoms with Gasteiger partial charge in [-0.15, -0.1) is 0 Å². The number of carbonyl (C=O) groups excluding carboxylic acids is 2. The van der Waals surface area contributed by atoms with E-state index in [1.807, 2.05) is 24.3 Å². The summed E-state index contributed by atoms with van der Waals surface area (Å²) < 4.78 is 6.07. The Kier molecular flexibility index (Phi) is 5.14. The number of carbonyl (C=O) groups is 2. The van der Waals surface area contributed by atoms with Gasteiger partial charge in [-0.1, -0.05) is 34.1 Å². The summed E-state index contributed by atoms with van der Waals surface area (Å²) in [7, 11) is 0. The Morgan fingerprint density at radius 3 is 2.80 bits per heavy atom. The normalized spacial score (nSPS) is 19.6. The van der Waals surface area contributed by atoms with Crippen LogP contribution in [-0.2, 0) is 20.7 Å². The minimum absolute atomic E-state index is 0.168. The van der Waals surface area contributed by atoms with E-state index >= 15 is 0 Å². The molecule has 6 heteroatoms. The van der Waals surface area contributed by atoms with Crippen molar-refractivity contribution < 1.29 is 14.3 Å². The molecule has 0 saturated carbocycles. The van der Waals surface area contributed by atoms with Crippen molar-refractivity contribution in [2.45, 2.75) is 18.9 Å². The van der Waals surface area contributed by atoms with Crippen molar-refractivity contribution in [1.29, 1.82) is 0 Å². The molecular weight excluding hydrogens is 324 g/mol. The Morgan fingerprint density at radius 2 is 2.20 bits per heavy atom. The first-order valence-electron chi connectivity index (χ1n) is 6.48. The Bertz CT molecular complexity index is 501. The van der Waals surface area contributed by atoms with E-state index in [1.165, 1.54) is 0 Å². The first-order chi connectivity index (χ1) is 9.58. The summed E-state index contributed by atoms with van der Waals surface area (Å²) >= 11 is 3.42. The van der Waals surface area contributed by atoms with Gasteiger partial charge in [-0.05, 0) is 18.1 Å². The molecule has 2 amide bonds. The summed E-state index contributed by atoms with van der Waals surface area (Å²) in [5.74, 6) is -0.887. The van der Waals surface area contributed by atoms with Gasteiger partial charge in [-0.2, -0.15) is 0 Å². The lowest BCUT2D eigenvalue weighted by Crippen LogP contribution is -2.48. The lowest BCUT2D eigenvalue weighted by molar-refractivity contribution is -0.129. The third-order valence-electron chi connectivity index (χ3n) is 3.34. The molecule has 1 fully saturated rings. The van der Waals surface area contributed by atoms with E-state index in [1.54, 1.807) is 0 Å². The maximum Gasteiger partial charge on any atom is 0.240 e. The molecule has 1 aromatic rings. The van der Waals surface area contributed by atoms with Crippen molar-refractivity contribution in [2.75, 3.05) is 13.2 Å². The minimum Gasteiger partial charge on any atom is -0.381 e. The van der Waals surface area contributed by atoms with E-state index in [0.717, 1.165) is 10.0 Å². The van der Waals surface area contributed by atoms with Crippen molar-refractivity contribution in [3.8, 4) is 0 Å². The van der Waals surface area contributed by atoms with Crippen LogP contribution in [0.2, 0.25) is 0 Å². The van der Waals surface area contributed by atoms with Gasteiger partial charge in [0.25, 0.3) is 0 Å². The lowest BCUT2D eigenvalue weighted by Gasteiger charge is -2.18. The second-order valence-corrected chi connectivity index (χ2v) is 5.67. The van der Waals surface area contributed by atoms with Gasteiger partial charge < -0.3 is 15.8 Å². The quantitative estimate of drug-likeness (QED) is 0.838. The van der Waals surface area contributed by atoms with Gasteiger partial charge in [0, 0.05) is 17.5 Å². The van der Waals surface area contributed by atoms with E-state index in [-0.39, 0.29) is 11.8 Å². The summed E-state index contributed by atoms with van der Waals surface area (Å²) in [5.41, 5.74) is 6.31. The highest BCUT2D eigenvalue weighted by atomic mass is 79.9. The fraction of sp³-hybridized carbons (Fsp3) is 0.429. The minimum atomic E-state index is -0.707.